The van der Waals surface area contributed by atoms with Crippen molar-refractivity contribution in [3.8, 4) is 0 Å². The smallest absolute Gasteiger partial charge is 0.340 e. The molecule has 0 saturated heterocycles. The quantitative estimate of drug-likeness (QED) is 0.421. The van der Waals surface area contributed by atoms with E-state index in [9.17, 15) is 4.79 Å². The van der Waals surface area contributed by atoms with Crippen molar-refractivity contribution in [2.75, 3.05) is 58.6 Å². The molecule has 0 saturated carbocycles. The lowest BCUT2D eigenvalue weighted by molar-refractivity contribution is 0.0602. The average molecular weight is 281 g/mol. The number of likely N-dealkylation sites (N-methyl/N-ethyl adjacent to an activating group) is 1. The highest BCUT2D eigenvalue weighted by atomic mass is 16.5. The molecule has 0 aromatic heterocycles. The lowest BCUT2D eigenvalue weighted by Gasteiger charge is -2.11. The first-order valence-electron chi connectivity index (χ1n) is 6.48. The van der Waals surface area contributed by atoms with Gasteiger partial charge in [-0.25, -0.2) is 4.79 Å². The summed E-state index contributed by atoms with van der Waals surface area (Å²) < 4.78 is 10.1. The third kappa shape index (κ3) is 5.46. The summed E-state index contributed by atoms with van der Waals surface area (Å²) >= 11 is 0. The van der Waals surface area contributed by atoms with Crippen LogP contribution in [-0.2, 0) is 9.47 Å². The fourth-order valence-electron chi connectivity index (χ4n) is 1.57. The van der Waals surface area contributed by atoms with Gasteiger partial charge in [-0.2, -0.15) is 0 Å². The predicted molar refractivity (Wildman–Crippen MR) is 80.1 cm³/mol. The van der Waals surface area contributed by atoms with Gasteiger partial charge in [0, 0.05) is 24.5 Å². The van der Waals surface area contributed by atoms with Crippen LogP contribution in [-0.4, -0.2) is 58.4 Å². The first-order chi connectivity index (χ1) is 9.54. The second kappa shape index (κ2) is 8.39. The average Bonchev–Trinajstić information content (AvgIpc) is 2.43. The van der Waals surface area contributed by atoms with Gasteiger partial charge in [0.25, 0.3) is 0 Å². The zero-order valence-electron chi connectivity index (χ0n) is 12.3. The van der Waals surface area contributed by atoms with Crippen LogP contribution in [0.4, 0.5) is 11.4 Å². The van der Waals surface area contributed by atoms with Gasteiger partial charge in [-0.05, 0) is 32.3 Å². The van der Waals surface area contributed by atoms with Crippen LogP contribution in [0.2, 0.25) is 0 Å². The second-order valence-corrected chi connectivity index (χ2v) is 4.64. The first kappa shape index (κ1) is 16.3. The fraction of sp³-hybridized carbons (Fsp3) is 0.500. The van der Waals surface area contributed by atoms with Crippen LogP contribution >= 0.6 is 0 Å². The van der Waals surface area contributed by atoms with Crippen molar-refractivity contribution in [1.29, 1.82) is 0 Å². The van der Waals surface area contributed by atoms with Gasteiger partial charge >= 0.3 is 5.97 Å². The number of nitrogens with zero attached hydrogens (tertiary/aromatic N) is 1. The van der Waals surface area contributed by atoms with Crippen molar-refractivity contribution in [2.24, 2.45) is 0 Å². The molecule has 0 radical (unpaired) electrons. The van der Waals surface area contributed by atoms with Gasteiger partial charge in [0.15, 0.2) is 0 Å². The monoisotopic (exact) mass is 281 g/mol. The number of nitrogens with one attached hydrogen (secondary N) is 1. The molecule has 0 amide bonds. The summed E-state index contributed by atoms with van der Waals surface area (Å²) in [6.45, 7) is 2.86. The third-order valence-corrected chi connectivity index (χ3v) is 2.72. The maximum atomic E-state index is 11.5. The Balaban J connectivity index is 2.39. The number of benzene rings is 1. The Morgan fingerprint density at radius 1 is 1.35 bits per heavy atom. The number of nitrogens with two attached hydrogens (primary N) is 1. The van der Waals surface area contributed by atoms with E-state index in [0.717, 1.165) is 12.2 Å². The van der Waals surface area contributed by atoms with Crippen molar-refractivity contribution in [3.63, 3.8) is 0 Å². The van der Waals surface area contributed by atoms with E-state index in [4.69, 9.17) is 10.5 Å². The molecule has 6 heteroatoms. The van der Waals surface area contributed by atoms with Crippen LogP contribution in [0.15, 0.2) is 18.2 Å². The van der Waals surface area contributed by atoms with Gasteiger partial charge < -0.3 is 25.4 Å². The van der Waals surface area contributed by atoms with Crippen LogP contribution < -0.4 is 11.1 Å². The predicted octanol–water partition coefficient (Wildman–Crippen LogP) is 1.05. The Morgan fingerprint density at radius 2 is 2.10 bits per heavy atom. The normalized spacial score (nSPS) is 10.6. The van der Waals surface area contributed by atoms with Crippen LogP contribution in [0.5, 0.6) is 0 Å². The van der Waals surface area contributed by atoms with Crippen molar-refractivity contribution >= 4 is 17.3 Å². The van der Waals surface area contributed by atoms with Crippen molar-refractivity contribution < 1.29 is 14.3 Å². The van der Waals surface area contributed by atoms with E-state index >= 15 is 0 Å². The molecule has 0 spiro atoms. The summed E-state index contributed by atoms with van der Waals surface area (Å²) in [5.74, 6) is -0.437. The van der Waals surface area contributed by atoms with Gasteiger partial charge in [-0.1, -0.05) is 0 Å². The van der Waals surface area contributed by atoms with E-state index in [-0.39, 0.29) is 0 Å². The molecule has 0 fully saturated rings. The Morgan fingerprint density at radius 3 is 2.75 bits per heavy atom. The summed E-state index contributed by atoms with van der Waals surface area (Å²) in [4.78, 5) is 13.6. The largest absolute Gasteiger partial charge is 0.465 e. The van der Waals surface area contributed by atoms with Crippen LogP contribution in [0.3, 0.4) is 0 Å². The van der Waals surface area contributed by atoms with E-state index in [0.29, 0.717) is 31.0 Å². The highest BCUT2D eigenvalue weighted by Gasteiger charge is 2.10. The standard InChI is InChI=1S/C14H23N3O3/c1-17(2)7-9-20-8-6-16-11-4-5-13(15)12(10-11)14(18)19-3/h4-5,10,16H,6-9,15H2,1-3H3. The van der Waals surface area contributed by atoms with Gasteiger partial charge in [0.05, 0.1) is 25.9 Å². The van der Waals surface area contributed by atoms with Gasteiger partial charge in [-0.15, -0.1) is 0 Å². The number of methoxy groups -OCH3 is 1. The van der Waals surface area contributed by atoms with Crippen LogP contribution in [0, 0.1) is 0 Å². The molecule has 1 aromatic rings. The van der Waals surface area contributed by atoms with Gasteiger partial charge in [0.2, 0.25) is 0 Å². The lowest BCUT2D eigenvalue weighted by Crippen LogP contribution is -2.20. The maximum Gasteiger partial charge on any atom is 0.340 e. The van der Waals surface area contributed by atoms with Gasteiger partial charge in [0.1, 0.15) is 0 Å². The summed E-state index contributed by atoms with van der Waals surface area (Å²) in [5, 5.41) is 3.18. The van der Waals surface area contributed by atoms with E-state index in [1.54, 1.807) is 12.1 Å². The Kier molecular flexibility index (Phi) is 6.83. The Labute approximate surface area is 119 Å². The van der Waals surface area contributed by atoms with E-state index in [1.165, 1.54) is 7.11 Å². The first-order valence-corrected chi connectivity index (χ1v) is 6.48. The minimum absolute atomic E-state index is 0.367. The molecule has 0 bridgehead atoms. The molecular formula is C14H23N3O3. The third-order valence-electron chi connectivity index (χ3n) is 2.72. The molecule has 1 rings (SSSR count). The fourth-order valence-corrected chi connectivity index (χ4v) is 1.57. The number of hydrogen-bond donors (Lipinski definition) is 2. The molecule has 0 aliphatic rings. The SMILES string of the molecule is COC(=O)c1cc(NCCOCCN(C)C)ccc1N. The summed E-state index contributed by atoms with van der Waals surface area (Å²) in [6, 6.07) is 5.18. The number of hydrogen-bond acceptors (Lipinski definition) is 6. The topological polar surface area (TPSA) is 76.8 Å². The molecule has 1 aromatic carbocycles. The highest BCUT2D eigenvalue weighted by Crippen LogP contribution is 2.18. The van der Waals surface area contributed by atoms with E-state index in [2.05, 4.69) is 15.0 Å². The number of nitrogen functional groups attached to an aromatic ring is 1. The van der Waals surface area contributed by atoms with Crippen LogP contribution in [0.25, 0.3) is 0 Å². The molecule has 0 heterocycles. The number of carbonyl (C=O) groups is 1. The van der Waals surface area contributed by atoms with Crippen molar-refractivity contribution in [1.82, 2.24) is 4.90 Å². The van der Waals surface area contributed by atoms with Gasteiger partial charge in [-0.3, -0.25) is 0 Å². The highest BCUT2D eigenvalue weighted by molar-refractivity contribution is 5.96. The number of rotatable bonds is 8. The zero-order chi connectivity index (χ0) is 15.0. The number of ether oxygens (including phenoxy) is 2. The van der Waals surface area contributed by atoms with E-state index in [1.807, 2.05) is 20.2 Å². The lowest BCUT2D eigenvalue weighted by atomic mass is 10.1. The minimum atomic E-state index is -0.437. The molecule has 0 atom stereocenters. The minimum Gasteiger partial charge on any atom is -0.465 e. The maximum absolute atomic E-state index is 11.5. The molecule has 0 aliphatic carbocycles. The second-order valence-electron chi connectivity index (χ2n) is 4.64. The molecule has 20 heavy (non-hydrogen) atoms. The molecular weight excluding hydrogens is 258 g/mol. The Hall–Kier alpha value is -1.79. The van der Waals surface area contributed by atoms with Crippen molar-refractivity contribution in [2.45, 2.75) is 0 Å². The van der Waals surface area contributed by atoms with Crippen LogP contribution in [0.1, 0.15) is 10.4 Å². The molecule has 112 valence electrons. The number of carbonyl (C=O) groups excluding carboxylic acids is 1. The molecule has 0 unspecified atom stereocenters. The number of esters is 1. The molecule has 0 aliphatic heterocycles. The summed E-state index contributed by atoms with van der Waals surface area (Å²) in [7, 11) is 5.34. The van der Waals surface area contributed by atoms with Crippen molar-refractivity contribution in [3.05, 3.63) is 23.8 Å². The molecule has 3 N–H and O–H groups in total. The van der Waals surface area contributed by atoms with E-state index < -0.39 is 5.97 Å². The summed E-state index contributed by atoms with van der Waals surface area (Å²) in [5.41, 5.74) is 7.32. The Bertz CT molecular complexity index is 436. The summed E-state index contributed by atoms with van der Waals surface area (Å²) in [6.07, 6.45) is 0. The number of anilines is 2. The molecule has 6 nitrogen and oxygen atoms in total. The zero-order valence-corrected chi connectivity index (χ0v) is 12.3.